The Labute approximate surface area is 337 Å². The Bertz CT molecular complexity index is 1190. The lowest BCUT2D eigenvalue weighted by molar-refractivity contribution is -0.332. The average molecular weight is 815 g/mol. The van der Waals surface area contributed by atoms with Crippen LogP contribution in [0, 0.1) is 0 Å². The van der Waals surface area contributed by atoms with E-state index in [0.717, 1.165) is 70.6 Å². The standard InChI is InChI=1S/C42H70O15/c1-3-5-7-9-11-12-13-14-15-16-17-18-19-21-23-25-34(45)55-30(27-52-33(44)24-22-20-10-8-6-4-2)28-53-41-40(51)38(49)36(47)32(57-41)29-54-42-39(50)37(48)35(46)31(26-43)56-42/h5,7,11-12,14-15,17-18,30-32,35-43,46-51H,3-4,6,8-10,13,16,19-29H2,1-2H3/b7-5-,12-11-,15-14-,18-17-. The number of ether oxygens (including phenoxy) is 6. The van der Waals surface area contributed by atoms with E-state index in [1.807, 2.05) is 0 Å². The van der Waals surface area contributed by atoms with Gasteiger partial charge in [-0.25, -0.2) is 0 Å². The fourth-order valence-electron chi connectivity index (χ4n) is 6.09. The van der Waals surface area contributed by atoms with Crippen molar-refractivity contribution in [3.8, 4) is 0 Å². The summed E-state index contributed by atoms with van der Waals surface area (Å²) in [6.45, 7) is 2.30. The monoisotopic (exact) mass is 814 g/mol. The van der Waals surface area contributed by atoms with Gasteiger partial charge in [0.2, 0.25) is 0 Å². The van der Waals surface area contributed by atoms with Crippen LogP contribution in [0.5, 0.6) is 0 Å². The fourth-order valence-corrected chi connectivity index (χ4v) is 6.09. The van der Waals surface area contributed by atoms with Crippen LogP contribution in [0.1, 0.15) is 110 Å². The second-order valence-electron chi connectivity index (χ2n) is 14.4. The molecule has 0 amide bonds. The van der Waals surface area contributed by atoms with Crippen LogP contribution in [0.15, 0.2) is 48.6 Å². The first kappa shape index (κ1) is 50.6. The third-order valence-corrected chi connectivity index (χ3v) is 9.57. The molecule has 15 nitrogen and oxygen atoms in total. The summed E-state index contributed by atoms with van der Waals surface area (Å²) in [7, 11) is 0. The normalized spacial score (nSPS) is 28.9. The highest BCUT2D eigenvalue weighted by Gasteiger charge is 2.47. The highest BCUT2D eigenvalue weighted by atomic mass is 16.7. The predicted octanol–water partition coefficient (Wildman–Crippen LogP) is 3.20. The second-order valence-corrected chi connectivity index (χ2v) is 14.4. The molecule has 57 heavy (non-hydrogen) atoms. The molecule has 0 aromatic carbocycles. The third kappa shape index (κ3) is 20.3. The zero-order valence-corrected chi connectivity index (χ0v) is 33.8. The molecule has 0 spiro atoms. The molecule has 15 heteroatoms. The van der Waals surface area contributed by atoms with E-state index in [9.17, 15) is 45.3 Å². The van der Waals surface area contributed by atoms with Crippen LogP contribution in [-0.4, -0.2) is 142 Å². The van der Waals surface area contributed by atoms with Gasteiger partial charge in [-0.3, -0.25) is 9.59 Å². The molecule has 2 aliphatic heterocycles. The van der Waals surface area contributed by atoms with Crippen molar-refractivity contribution in [1.29, 1.82) is 0 Å². The van der Waals surface area contributed by atoms with Crippen molar-refractivity contribution < 1.29 is 73.8 Å². The van der Waals surface area contributed by atoms with Gasteiger partial charge in [0.25, 0.3) is 0 Å². The molecular formula is C42H70O15. The zero-order chi connectivity index (χ0) is 41.8. The molecule has 0 saturated carbocycles. The van der Waals surface area contributed by atoms with Crippen LogP contribution >= 0.6 is 0 Å². The summed E-state index contributed by atoms with van der Waals surface area (Å²) in [5, 5.41) is 71.6. The Morgan fingerprint density at radius 2 is 1.11 bits per heavy atom. The third-order valence-electron chi connectivity index (χ3n) is 9.57. The van der Waals surface area contributed by atoms with E-state index in [0.29, 0.717) is 12.8 Å². The summed E-state index contributed by atoms with van der Waals surface area (Å²) < 4.78 is 33.2. The number of unbranched alkanes of at least 4 members (excludes halogenated alkanes) is 7. The van der Waals surface area contributed by atoms with Crippen LogP contribution in [-0.2, 0) is 38.0 Å². The van der Waals surface area contributed by atoms with Gasteiger partial charge in [0.15, 0.2) is 18.7 Å². The Kier molecular flexibility index (Phi) is 27.1. The predicted molar refractivity (Wildman–Crippen MR) is 210 cm³/mol. The van der Waals surface area contributed by atoms with Crippen molar-refractivity contribution in [2.45, 2.75) is 178 Å². The fraction of sp³-hybridized carbons (Fsp3) is 0.762. The molecule has 0 aromatic rings. The van der Waals surface area contributed by atoms with Crippen molar-refractivity contribution in [1.82, 2.24) is 0 Å². The Hall–Kier alpha value is -2.54. The number of rotatable bonds is 29. The lowest BCUT2D eigenvalue weighted by Crippen LogP contribution is -2.61. The van der Waals surface area contributed by atoms with Gasteiger partial charge in [0.1, 0.15) is 55.4 Å². The number of carbonyl (C=O) groups excluding carboxylic acids is 2. The van der Waals surface area contributed by atoms with Gasteiger partial charge in [0, 0.05) is 12.8 Å². The smallest absolute Gasteiger partial charge is 0.306 e. The molecule has 328 valence electrons. The SMILES string of the molecule is CC/C=C\C/C=C\C/C=C\C/C=C\CCCCC(=O)OC(COC(=O)CCCCCCCC)COC1OC(COC2OC(CO)C(O)C(O)C2O)C(O)C(O)C1O. The van der Waals surface area contributed by atoms with Crippen molar-refractivity contribution in [3.05, 3.63) is 48.6 Å². The van der Waals surface area contributed by atoms with Crippen LogP contribution in [0.3, 0.4) is 0 Å². The summed E-state index contributed by atoms with van der Waals surface area (Å²) >= 11 is 0. The van der Waals surface area contributed by atoms with E-state index in [4.69, 9.17) is 28.4 Å². The minimum Gasteiger partial charge on any atom is -0.462 e. The molecule has 0 radical (unpaired) electrons. The molecule has 2 fully saturated rings. The summed E-state index contributed by atoms with van der Waals surface area (Å²) in [5.74, 6) is -0.991. The van der Waals surface area contributed by atoms with Crippen molar-refractivity contribution in [2.75, 3.05) is 26.4 Å². The van der Waals surface area contributed by atoms with Crippen LogP contribution in [0.2, 0.25) is 0 Å². The first-order valence-corrected chi connectivity index (χ1v) is 20.7. The van der Waals surface area contributed by atoms with Crippen molar-refractivity contribution >= 4 is 11.9 Å². The maximum Gasteiger partial charge on any atom is 0.306 e. The number of aliphatic hydroxyl groups excluding tert-OH is 7. The molecule has 2 heterocycles. The number of hydrogen-bond donors (Lipinski definition) is 7. The summed E-state index contributed by atoms with van der Waals surface area (Å²) in [6, 6.07) is 0. The van der Waals surface area contributed by atoms with Crippen molar-refractivity contribution in [3.63, 3.8) is 0 Å². The van der Waals surface area contributed by atoms with Gasteiger partial charge in [-0.15, -0.1) is 0 Å². The topological polar surface area (TPSA) is 231 Å². The number of carbonyl (C=O) groups is 2. The molecule has 2 aliphatic rings. The summed E-state index contributed by atoms with van der Waals surface area (Å²) in [5.41, 5.74) is 0. The molecule has 7 N–H and O–H groups in total. The van der Waals surface area contributed by atoms with Gasteiger partial charge in [-0.1, -0.05) is 94.6 Å². The van der Waals surface area contributed by atoms with E-state index in [1.54, 1.807) is 0 Å². The van der Waals surface area contributed by atoms with E-state index < -0.39 is 99.3 Å². The van der Waals surface area contributed by atoms with Gasteiger partial charge in [0.05, 0.1) is 19.8 Å². The minimum absolute atomic E-state index is 0.112. The molecule has 2 saturated heterocycles. The maximum atomic E-state index is 12.8. The van der Waals surface area contributed by atoms with E-state index in [1.165, 1.54) is 0 Å². The largest absolute Gasteiger partial charge is 0.462 e. The van der Waals surface area contributed by atoms with Gasteiger partial charge < -0.3 is 64.2 Å². The quantitative estimate of drug-likeness (QED) is 0.0327. The van der Waals surface area contributed by atoms with E-state index >= 15 is 0 Å². The molecule has 0 aliphatic carbocycles. The van der Waals surface area contributed by atoms with E-state index in [-0.39, 0.29) is 19.4 Å². The molecule has 2 rings (SSSR count). The molecular weight excluding hydrogens is 744 g/mol. The molecule has 11 unspecified atom stereocenters. The molecule has 0 bridgehead atoms. The molecule has 0 aromatic heterocycles. The van der Waals surface area contributed by atoms with Crippen LogP contribution < -0.4 is 0 Å². The number of aliphatic hydroxyl groups is 7. The zero-order valence-electron chi connectivity index (χ0n) is 33.8. The lowest BCUT2D eigenvalue weighted by atomic mass is 9.98. The Balaban J connectivity index is 1.89. The first-order valence-electron chi connectivity index (χ1n) is 20.7. The maximum absolute atomic E-state index is 12.8. The highest BCUT2D eigenvalue weighted by Crippen LogP contribution is 2.26. The number of hydrogen-bond acceptors (Lipinski definition) is 15. The van der Waals surface area contributed by atoms with Gasteiger partial charge in [-0.05, 0) is 51.4 Å². The first-order chi connectivity index (χ1) is 27.5. The summed E-state index contributed by atoms with van der Waals surface area (Å²) in [6.07, 6.45) is 12.1. The lowest BCUT2D eigenvalue weighted by Gasteiger charge is -2.42. The number of allylic oxidation sites excluding steroid dienone is 8. The molecule has 11 atom stereocenters. The Morgan fingerprint density at radius 1 is 0.579 bits per heavy atom. The Morgan fingerprint density at radius 3 is 1.74 bits per heavy atom. The van der Waals surface area contributed by atoms with Crippen LogP contribution in [0.4, 0.5) is 0 Å². The number of esters is 2. The average Bonchev–Trinajstić information content (AvgIpc) is 3.20. The van der Waals surface area contributed by atoms with E-state index in [2.05, 4.69) is 62.5 Å². The highest BCUT2D eigenvalue weighted by molar-refractivity contribution is 5.70. The van der Waals surface area contributed by atoms with Crippen molar-refractivity contribution in [2.24, 2.45) is 0 Å². The van der Waals surface area contributed by atoms with Gasteiger partial charge in [-0.2, -0.15) is 0 Å². The second kappa shape index (κ2) is 30.5. The minimum atomic E-state index is -1.77. The van der Waals surface area contributed by atoms with Gasteiger partial charge >= 0.3 is 11.9 Å². The summed E-state index contributed by atoms with van der Waals surface area (Å²) in [4.78, 5) is 25.3. The van der Waals surface area contributed by atoms with Crippen LogP contribution in [0.25, 0.3) is 0 Å².